The van der Waals surface area contributed by atoms with Gasteiger partial charge in [-0.25, -0.2) is 0 Å². The van der Waals surface area contributed by atoms with Crippen molar-refractivity contribution in [1.82, 2.24) is 5.32 Å². The maximum absolute atomic E-state index is 12.0. The van der Waals surface area contributed by atoms with Crippen LogP contribution in [0.2, 0.25) is 0 Å². The van der Waals surface area contributed by atoms with Crippen LogP contribution in [-0.2, 0) is 4.79 Å². The van der Waals surface area contributed by atoms with E-state index in [-0.39, 0.29) is 22.8 Å². The van der Waals surface area contributed by atoms with Crippen LogP contribution < -0.4 is 5.32 Å². The molecule has 1 atom stereocenters. The normalized spacial score (nSPS) is 23.7. The summed E-state index contributed by atoms with van der Waals surface area (Å²) >= 11 is 3.51. The molecule has 1 rings (SSSR count). The quantitative estimate of drug-likeness (QED) is 0.768. The lowest BCUT2D eigenvalue weighted by Crippen LogP contribution is -2.50. The fourth-order valence-electron chi connectivity index (χ4n) is 1.91. The van der Waals surface area contributed by atoms with Crippen LogP contribution in [0.1, 0.15) is 47.0 Å². The molecule has 0 heterocycles. The van der Waals surface area contributed by atoms with Crippen molar-refractivity contribution >= 4 is 21.8 Å². The first-order valence-corrected chi connectivity index (χ1v) is 6.91. The molecule has 0 bridgehead atoms. The van der Waals surface area contributed by atoms with E-state index < -0.39 is 0 Å². The highest BCUT2D eigenvalue weighted by molar-refractivity contribution is 9.09. The van der Waals surface area contributed by atoms with E-state index in [0.717, 1.165) is 24.6 Å². The van der Waals surface area contributed by atoms with E-state index in [4.69, 9.17) is 0 Å². The molecule has 1 aliphatic rings. The number of rotatable bonds is 5. The van der Waals surface area contributed by atoms with Gasteiger partial charge in [-0.2, -0.15) is 0 Å². The van der Waals surface area contributed by atoms with Crippen LogP contribution in [0.15, 0.2) is 0 Å². The summed E-state index contributed by atoms with van der Waals surface area (Å²) in [5.74, 6) is 0.470. The highest BCUT2D eigenvalue weighted by atomic mass is 79.9. The number of hydrogen-bond acceptors (Lipinski definition) is 1. The Morgan fingerprint density at radius 3 is 2.20 bits per heavy atom. The summed E-state index contributed by atoms with van der Waals surface area (Å²) in [7, 11) is 0. The molecule has 0 aromatic heterocycles. The molecule has 88 valence electrons. The molecule has 15 heavy (non-hydrogen) atoms. The Morgan fingerprint density at radius 2 is 1.93 bits per heavy atom. The molecule has 0 aliphatic heterocycles. The topological polar surface area (TPSA) is 29.1 Å². The van der Waals surface area contributed by atoms with E-state index in [0.29, 0.717) is 0 Å². The average Bonchev–Trinajstić information content (AvgIpc) is 2.84. The van der Waals surface area contributed by atoms with Crippen molar-refractivity contribution in [2.45, 2.75) is 52.5 Å². The molecule has 1 aliphatic carbocycles. The molecular weight excluding hydrogens is 254 g/mol. The Balaban J connectivity index is 2.56. The molecular formula is C12H22BrNO. The van der Waals surface area contributed by atoms with Crippen LogP contribution in [0.5, 0.6) is 0 Å². The number of hydrogen-bond donors (Lipinski definition) is 1. The zero-order valence-electron chi connectivity index (χ0n) is 10.2. The predicted molar refractivity (Wildman–Crippen MR) is 67.1 cm³/mol. The van der Waals surface area contributed by atoms with Gasteiger partial charge in [0.05, 0.1) is 0 Å². The molecule has 0 spiro atoms. The van der Waals surface area contributed by atoms with Gasteiger partial charge in [-0.3, -0.25) is 4.79 Å². The minimum atomic E-state index is -0.0459. The van der Waals surface area contributed by atoms with Gasteiger partial charge in [0.15, 0.2) is 0 Å². The first-order chi connectivity index (χ1) is 6.90. The largest absolute Gasteiger partial charge is 0.350 e. The van der Waals surface area contributed by atoms with Gasteiger partial charge in [0, 0.05) is 16.8 Å². The lowest BCUT2D eigenvalue weighted by molar-refractivity contribution is -0.124. The molecule has 0 radical (unpaired) electrons. The lowest BCUT2D eigenvalue weighted by atomic mass is 9.95. The first kappa shape index (κ1) is 13.0. The first-order valence-electron chi connectivity index (χ1n) is 5.79. The number of carbonyl (C=O) groups is 1. The molecule has 0 saturated heterocycles. The Hall–Kier alpha value is -0.0500. The highest BCUT2D eigenvalue weighted by Crippen LogP contribution is 2.51. The average molecular weight is 276 g/mol. The van der Waals surface area contributed by atoms with E-state index in [1.54, 1.807) is 0 Å². The Bertz CT molecular complexity index is 238. The Morgan fingerprint density at radius 1 is 1.47 bits per heavy atom. The maximum atomic E-state index is 12.0. The number of carbonyl (C=O) groups excluding carboxylic acids is 1. The number of amides is 1. The molecule has 1 saturated carbocycles. The fraction of sp³-hybridized carbons (Fsp3) is 0.917. The minimum Gasteiger partial charge on any atom is -0.350 e. The van der Waals surface area contributed by atoms with Gasteiger partial charge in [0.25, 0.3) is 0 Å². The van der Waals surface area contributed by atoms with E-state index in [1.165, 1.54) is 0 Å². The van der Waals surface area contributed by atoms with E-state index in [1.807, 2.05) is 0 Å². The van der Waals surface area contributed by atoms with Crippen LogP contribution in [0.25, 0.3) is 0 Å². The molecule has 0 aromatic carbocycles. The monoisotopic (exact) mass is 275 g/mol. The molecule has 2 nitrogen and oxygen atoms in total. The summed E-state index contributed by atoms with van der Waals surface area (Å²) in [5.41, 5.74) is 0.180. The molecule has 1 fully saturated rings. The third-order valence-electron chi connectivity index (χ3n) is 3.83. The second-order valence-corrected chi connectivity index (χ2v) is 5.92. The van der Waals surface area contributed by atoms with Gasteiger partial charge < -0.3 is 5.32 Å². The SMILES string of the molecule is CCC(CC)(CBr)NC(=O)C1CC1(C)C. The van der Waals surface area contributed by atoms with Crippen molar-refractivity contribution in [3.05, 3.63) is 0 Å². The third-order valence-corrected chi connectivity index (χ3v) is 4.90. The molecule has 1 amide bonds. The number of alkyl halides is 1. The summed E-state index contributed by atoms with van der Waals surface area (Å²) in [6.07, 6.45) is 2.99. The van der Waals surface area contributed by atoms with Crippen molar-refractivity contribution in [3.8, 4) is 0 Å². The van der Waals surface area contributed by atoms with Crippen LogP contribution in [-0.4, -0.2) is 16.8 Å². The molecule has 1 unspecified atom stereocenters. The van der Waals surface area contributed by atoms with E-state index >= 15 is 0 Å². The minimum absolute atomic E-state index is 0.0459. The van der Waals surface area contributed by atoms with Crippen molar-refractivity contribution in [1.29, 1.82) is 0 Å². The van der Waals surface area contributed by atoms with Crippen molar-refractivity contribution in [2.75, 3.05) is 5.33 Å². The third kappa shape index (κ3) is 2.74. The highest BCUT2D eigenvalue weighted by Gasteiger charge is 2.51. The zero-order chi connectivity index (χ0) is 11.7. The summed E-state index contributed by atoms with van der Waals surface area (Å²) < 4.78 is 0. The van der Waals surface area contributed by atoms with E-state index in [9.17, 15) is 4.79 Å². The summed E-state index contributed by atoms with van der Waals surface area (Å²) in [4.78, 5) is 12.0. The fourth-order valence-corrected chi connectivity index (χ4v) is 2.85. The van der Waals surface area contributed by atoms with Crippen LogP contribution in [0.3, 0.4) is 0 Å². The van der Waals surface area contributed by atoms with Gasteiger partial charge in [0.1, 0.15) is 0 Å². The number of nitrogens with one attached hydrogen (secondary N) is 1. The standard InChI is InChI=1S/C12H22BrNO/c1-5-12(6-2,8-13)14-10(15)9-7-11(9,3)4/h9H,5-8H2,1-4H3,(H,14,15). The summed E-state index contributed by atoms with van der Waals surface area (Å²) in [5, 5.41) is 4.05. The second-order valence-electron chi connectivity index (χ2n) is 5.36. The van der Waals surface area contributed by atoms with Crippen LogP contribution >= 0.6 is 15.9 Å². The Labute approximate surface area is 101 Å². The summed E-state index contributed by atoms with van der Waals surface area (Å²) in [6.45, 7) is 8.57. The maximum Gasteiger partial charge on any atom is 0.224 e. The second kappa shape index (κ2) is 4.44. The van der Waals surface area contributed by atoms with Crippen molar-refractivity contribution in [2.24, 2.45) is 11.3 Å². The van der Waals surface area contributed by atoms with Gasteiger partial charge >= 0.3 is 0 Å². The van der Waals surface area contributed by atoms with Crippen molar-refractivity contribution in [3.63, 3.8) is 0 Å². The molecule has 0 aromatic rings. The van der Waals surface area contributed by atoms with Gasteiger partial charge in [0.2, 0.25) is 5.91 Å². The molecule has 3 heteroatoms. The van der Waals surface area contributed by atoms with Gasteiger partial charge in [-0.05, 0) is 24.7 Å². The molecule has 1 N–H and O–H groups in total. The summed E-state index contributed by atoms with van der Waals surface area (Å²) in [6, 6.07) is 0. The van der Waals surface area contributed by atoms with Crippen LogP contribution in [0, 0.1) is 11.3 Å². The van der Waals surface area contributed by atoms with Gasteiger partial charge in [-0.1, -0.05) is 43.6 Å². The smallest absolute Gasteiger partial charge is 0.224 e. The number of halogens is 1. The predicted octanol–water partition coefficient (Wildman–Crippen LogP) is 3.10. The van der Waals surface area contributed by atoms with Crippen molar-refractivity contribution < 1.29 is 4.79 Å². The van der Waals surface area contributed by atoms with Gasteiger partial charge in [-0.15, -0.1) is 0 Å². The van der Waals surface area contributed by atoms with E-state index in [2.05, 4.69) is 48.9 Å². The van der Waals surface area contributed by atoms with Crippen LogP contribution in [0.4, 0.5) is 0 Å². The Kier molecular flexibility index (Phi) is 3.85. The zero-order valence-corrected chi connectivity index (χ0v) is 11.8. The lowest BCUT2D eigenvalue weighted by Gasteiger charge is -2.31.